The molecule has 0 bridgehead atoms. The van der Waals surface area contributed by atoms with Crippen molar-refractivity contribution in [2.75, 3.05) is 11.9 Å². The molecule has 2 aromatic rings. The van der Waals surface area contributed by atoms with Crippen molar-refractivity contribution in [3.8, 4) is 5.75 Å². The largest absolute Gasteiger partial charge is 0.484 e. The highest BCUT2D eigenvalue weighted by Crippen LogP contribution is 2.37. The molecule has 1 aromatic heterocycles. The fourth-order valence-corrected chi connectivity index (χ4v) is 3.47. The number of anilines is 1. The number of rotatable bonds is 8. The average Bonchev–Trinajstić information content (AvgIpc) is 3.14. The molecule has 1 saturated carbocycles. The van der Waals surface area contributed by atoms with Gasteiger partial charge in [0.25, 0.3) is 11.9 Å². The van der Waals surface area contributed by atoms with E-state index in [-0.39, 0.29) is 18.5 Å². The summed E-state index contributed by atoms with van der Waals surface area (Å²) in [5.41, 5.74) is 0. The van der Waals surface area contributed by atoms with Crippen LogP contribution in [0.25, 0.3) is 0 Å². The second kappa shape index (κ2) is 9.36. The highest BCUT2D eigenvalue weighted by atomic mass is 16.5. The number of nitrogens with zero attached hydrogens (tertiary/aromatic N) is 2. The maximum Gasteiger partial charge on any atom is 0.270 e. The van der Waals surface area contributed by atoms with Crippen LogP contribution in [0.3, 0.4) is 0 Å². The number of carbonyl (C=O) groups is 1. The molecular formula is C20H27N3O3. The third-order valence-electron chi connectivity index (χ3n) is 4.97. The molecule has 1 aliphatic carbocycles. The first-order valence-electron chi connectivity index (χ1n) is 9.56. The van der Waals surface area contributed by atoms with E-state index in [2.05, 4.69) is 22.4 Å². The Morgan fingerprint density at radius 1 is 1.23 bits per heavy atom. The number of ether oxygens (including phenoxy) is 1. The first-order chi connectivity index (χ1) is 12.7. The number of nitrogens with one attached hydrogen (secondary N) is 1. The normalized spacial score (nSPS) is 19.9. The Bertz CT molecular complexity index is 679. The van der Waals surface area contributed by atoms with Crippen LogP contribution in [-0.4, -0.2) is 22.7 Å². The summed E-state index contributed by atoms with van der Waals surface area (Å²) in [5.74, 6) is 2.35. The van der Waals surface area contributed by atoms with Crippen LogP contribution in [0, 0.1) is 5.92 Å². The SMILES string of the molecule is CCCCC1CCC(c2nc(NC(=O)COc3ccccc3)no2)CC1. The average molecular weight is 357 g/mol. The van der Waals surface area contributed by atoms with E-state index in [4.69, 9.17) is 9.26 Å². The summed E-state index contributed by atoms with van der Waals surface area (Å²) in [6.07, 6.45) is 8.52. The third kappa shape index (κ3) is 5.31. The van der Waals surface area contributed by atoms with Crippen LogP contribution in [0.1, 0.15) is 63.7 Å². The van der Waals surface area contributed by atoms with Crippen molar-refractivity contribution in [1.29, 1.82) is 0 Å². The summed E-state index contributed by atoms with van der Waals surface area (Å²) in [6, 6.07) is 9.21. The van der Waals surface area contributed by atoms with Crippen molar-refractivity contribution in [2.24, 2.45) is 5.92 Å². The molecule has 1 aromatic carbocycles. The van der Waals surface area contributed by atoms with Gasteiger partial charge in [0, 0.05) is 5.92 Å². The Balaban J connectivity index is 1.44. The van der Waals surface area contributed by atoms with Gasteiger partial charge in [-0.25, -0.2) is 0 Å². The fourth-order valence-electron chi connectivity index (χ4n) is 3.47. The molecule has 0 saturated heterocycles. The van der Waals surface area contributed by atoms with E-state index in [0.29, 0.717) is 17.6 Å². The predicted octanol–water partition coefficient (Wildman–Crippen LogP) is 4.55. The van der Waals surface area contributed by atoms with Gasteiger partial charge in [-0.15, -0.1) is 0 Å². The zero-order valence-corrected chi connectivity index (χ0v) is 15.3. The lowest BCUT2D eigenvalue weighted by atomic mass is 9.80. The third-order valence-corrected chi connectivity index (χ3v) is 4.97. The second-order valence-electron chi connectivity index (χ2n) is 6.97. The minimum absolute atomic E-state index is 0.0869. The maximum absolute atomic E-state index is 12.0. The molecule has 1 amide bonds. The first kappa shape index (κ1) is 18.4. The number of hydrogen-bond acceptors (Lipinski definition) is 5. The summed E-state index contributed by atoms with van der Waals surface area (Å²) in [7, 11) is 0. The van der Waals surface area contributed by atoms with Crippen LogP contribution >= 0.6 is 0 Å². The molecule has 0 spiro atoms. The van der Waals surface area contributed by atoms with Gasteiger partial charge in [0.15, 0.2) is 6.61 Å². The summed E-state index contributed by atoms with van der Waals surface area (Å²) in [4.78, 5) is 16.3. The number of para-hydroxylation sites is 1. The van der Waals surface area contributed by atoms with Gasteiger partial charge in [-0.3, -0.25) is 10.1 Å². The highest BCUT2D eigenvalue weighted by molar-refractivity contribution is 5.90. The summed E-state index contributed by atoms with van der Waals surface area (Å²) in [5, 5.41) is 6.51. The molecule has 1 heterocycles. The van der Waals surface area contributed by atoms with E-state index < -0.39 is 0 Å². The Kier molecular flexibility index (Phi) is 6.63. The van der Waals surface area contributed by atoms with Crippen LogP contribution in [0.2, 0.25) is 0 Å². The molecular weight excluding hydrogens is 330 g/mol. The lowest BCUT2D eigenvalue weighted by Crippen LogP contribution is -2.21. The lowest BCUT2D eigenvalue weighted by Gasteiger charge is -2.26. The van der Waals surface area contributed by atoms with Crippen molar-refractivity contribution in [3.63, 3.8) is 0 Å². The molecule has 3 rings (SSSR count). The van der Waals surface area contributed by atoms with Gasteiger partial charge in [0.05, 0.1) is 0 Å². The minimum Gasteiger partial charge on any atom is -0.484 e. The fraction of sp³-hybridized carbons (Fsp3) is 0.550. The molecule has 6 heteroatoms. The number of benzene rings is 1. The van der Waals surface area contributed by atoms with Gasteiger partial charge in [-0.1, -0.05) is 44.4 Å². The molecule has 0 atom stereocenters. The molecule has 6 nitrogen and oxygen atoms in total. The van der Waals surface area contributed by atoms with Crippen molar-refractivity contribution in [1.82, 2.24) is 10.1 Å². The zero-order valence-electron chi connectivity index (χ0n) is 15.3. The van der Waals surface area contributed by atoms with Gasteiger partial charge in [0.2, 0.25) is 5.89 Å². The molecule has 0 unspecified atom stereocenters. The van der Waals surface area contributed by atoms with Crippen LogP contribution in [0.5, 0.6) is 5.75 Å². The zero-order chi connectivity index (χ0) is 18.2. The Hall–Kier alpha value is -2.37. The summed E-state index contributed by atoms with van der Waals surface area (Å²) >= 11 is 0. The van der Waals surface area contributed by atoms with E-state index in [0.717, 1.165) is 18.8 Å². The van der Waals surface area contributed by atoms with Gasteiger partial charge >= 0.3 is 0 Å². The summed E-state index contributed by atoms with van der Waals surface area (Å²) in [6.45, 7) is 2.15. The predicted molar refractivity (Wildman–Crippen MR) is 99.1 cm³/mol. The van der Waals surface area contributed by atoms with Gasteiger partial charge in [0.1, 0.15) is 5.75 Å². The van der Waals surface area contributed by atoms with Crippen molar-refractivity contribution >= 4 is 11.9 Å². The number of hydrogen-bond donors (Lipinski definition) is 1. The highest BCUT2D eigenvalue weighted by Gasteiger charge is 2.26. The van der Waals surface area contributed by atoms with Crippen molar-refractivity contribution in [2.45, 2.75) is 57.8 Å². The Morgan fingerprint density at radius 3 is 2.73 bits per heavy atom. The van der Waals surface area contributed by atoms with Crippen molar-refractivity contribution in [3.05, 3.63) is 36.2 Å². The number of carbonyl (C=O) groups excluding carboxylic acids is 1. The quantitative estimate of drug-likeness (QED) is 0.750. The Labute approximate surface area is 154 Å². The molecule has 0 aliphatic heterocycles. The molecule has 1 fully saturated rings. The van der Waals surface area contributed by atoms with Crippen molar-refractivity contribution < 1.29 is 14.1 Å². The molecule has 1 aliphatic rings. The number of aromatic nitrogens is 2. The van der Waals surface area contributed by atoms with E-state index in [1.807, 2.05) is 18.2 Å². The van der Waals surface area contributed by atoms with Gasteiger partial charge in [-0.2, -0.15) is 4.98 Å². The van der Waals surface area contributed by atoms with E-state index in [1.54, 1.807) is 12.1 Å². The molecule has 0 radical (unpaired) electrons. The van der Waals surface area contributed by atoms with E-state index in [1.165, 1.54) is 32.1 Å². The molecule has 140 valence electrons. The Morgan fingerprint density at radius 2 is 2.00 bits per heavy atom. The van der Waals surface area contributed by atoms with Gasteiger partial charge in [-0.05, 0) is 48.9 Å². The monoisotopic (exact) mass is 357 g/mol. The molecule has 26 heavy (non-hydrogen) atoms. The topological polar surface area (TPSA) is 77.2 Å². The van der Waals surface area contributed by atoms with Crippen LogP contribution in [-0.2, 0) is 4.79 Å². The number of unbranched alkanes of at least 4 members (excludes halogenated alkanes) is 1. The number of amides is 1. The van der Waals surface area contributed by atoms with Gasteiger partial charge < -0.3 is 9.26 Å². The van der Waals surface area contributed by atoms with E-state index >= 15 is 0 Å². The second-order valence-corrected chi connectivity index (χ2v) is 6.97. The van der Waals surface area contributed by atoms with Crippen LogP contribution in [0.15, 0.2) is 34.9 Å². The van der Waals surface area contributed by atoms with Crippen LogP contribution < -0.4 is 10.1 Å². The van der Waals surface area contributed by atoms with E-state index in [9.17, 15) is 4.79 Å². The summed E-state index contributed by atoms with van der Waals surface area (Å²) < 4.78 is 10.8. The first-order valence-corrected chi connectivity index (χ1v) is 9.56. The standard InChI is InChI=1S/C20H27N3O3/c1-2-3-7-15-10-12-16(13-11-15)19-22-20(23-26-19)21-18(24)14-25-17-8-5-4-6-9-17/h4-6,8-9,15-16H,2-3,7,10-14H2,1H3,(H,21,23,24). The minimum atomic E-state index is -0.301. The molecule has 1 N–H and O–H groups in total. The smallest absolute Gasteiger partial charge is 0.270 e. The lowest BCUT2D eigenvalue weighted by molar-refractivity contribution is -0.118. The van der Waals surface area contributed by atoms with Crippen LogP contribution in [0.4, 0.5) is 5.95 Å². The maximum atomic E-state index is 12.0.